The summed E-state index contributed by atoms with van der Waals surface area (Å²) in [7, 11) is 3.09. The topological polar surface area (TPSA) is 44.8 Å². The number of hydrogen-bond acceptors (Lipinski definition) is 4. The molecule has 0 saturated heterocycles. The molecule has 4 nitrogen and oxygen atoms in total. The number of carbonyl (C=O) groups excluding carboxylic acids is 1. The van der Waals surface area contributed by atoms with Crippen LogP contribution in [0, 0.1) is 5.92 Å². The molecule has 1 rings (SSSR count). The van der Waals surface area contributed by atoms with E-state index in [4.69, 9.17) is 14.2 Å². The van der Waals surface area contributed by atoms with Gasteiger partial charge in [0.25, 0.3) is 0 Å². The normalized spacial score (nSPS) is 21.7. The number of rotatable bonds is 5. The summed E-state index contributed by atoms with van der Waals surface area (Å²) in [5.74, 6) is 0.590. The van der Waals surface area contributed by atoms with Crippen LogP contribution in [-0.4, -0.2) is 32.9 Å². The Balaban J connectivity index is 2.63. The van der Waals surface area contributed by atoms with Crippen molar-refractivity contribution in [2.75, 3.05) is 20.8 Å². The fraction of sp³-hybridized carbons (Fsp3) is 0.727. The highest BCUT2D eigenvalue weighted by atomic mass is 16.7. The van der Waals surface area contributed by atoms with Crippen LogP contribution < -0.4 is 0 Å². The molecule has 1 aliphatic rings. The molecule has 0 fully saturated rings. The van der Waals surface area contributed by atoms with Gasteiger partial charge in [0.2, 0.25) is 0 Å². The molecule has 1 aliphatic carbocycles. The van der Waals surface area contributed by atoms with Crippen molar-refractivity contribution in [3.8, 4) is 0 Å². The first-order valence-corrected chi connectivity index (χ1v) is 5.15. The zero-order chi connectivity index (χ0) is 11.3. The lowest BCUT2D eigenvalue weighted by atomic mass is 9.91. The SMILES string of the molecule is CCOC1=CC(=O)C(C(OC)OC)CC1. The van der Waals surface area contributed by atoms with Crippen LogP contribution in [0.15, 0.2) is 11.8 Å². The van der Waals surface area contributed by atoms with Crippen molar-refractivity contribution in [3.63, 3.8) is 0 Å². The number of allylic oxidation sites excluding steroid dienone is 2. The van der Waals surface area contributed by atoms with Crippen LogP contribution in [0.2, 0.25) is 0 Å². The Hall–Kier alpha value is -0.870. The predicted molar refractivity (Wildman–Crippen MR) is 55.2 cm³/mol. The van der Waals surface area contributed by atoms with E-state index >= 15 is 0 Å². The fourth-order valence-corrected chi connectivity index (χ4v) is 1.77. The molecule has 0 saturated carbocycles. The Morgan fingerprint density at radius 2 is 2.13 bits per heavy atom. The van der Waals surface area contributed by atoms with Gasteiger partial charge in [-0.05, 0) is 13.3 Å². The second kappa shape index (κ2) is 5.88. The lowest BCUT2D eigenvalue weighted by Crippen LogP contribution is -2.33. The summed E-state index contributed by atoms with van der Waals surface area (Å²) in [6.07, 6.45) is 2.60. The Bertz CT molecular complexity index is 243. The molecule has 0 aromatic heterocycles. The van der Waals surface area contributed by atoms with Crippen LogP contribution in [0.5, 0.6) is 0 Å². The average molecular weight is 214 g/mol. The van der Waals surface area contributed by atoms with E-state index < -0.39 is 6.29 Å². The van der Waals surface area contributed by atoms with Gasteiger partial charge in [-0.15, -0.1) is 0 Å². The zero-order valence-corrected chi connectivity index (χ0v) is 9.49. The first-order valence-electron chi connectivity index (χ1n) is 5.15. The van der Waals surface area contributed by atoms with Crippen LogP contribution in [-0.2, 0) is 19.0 Å². The van der Waals surface area contributed by atoms with Gasteiger partial charge >= 0.3 is 0 Å². The minimum Gasteiger partial charge on any atom is -0.498 e. The number of ketones is 1. The minimum atomic E-state index is -0.447. The van der Waals surface area contributed by atoms with Crippen molar-refractivity contribution in [3.05, 3.63) is 11.8 Å². The highest BCUT2D eigenvalue weighted by Gasteiger charge is 2.30. The van der Waals surface area contributed by atoms with E-state index in [1.807, 2.05) is 6.92 Å². The van der Waals surface area contributed by atoms with Gasteiger partial charge in [0.05, 0.1) is 18.3 Å². The van der Waals surface area contributed by atoms with E-state index in [2.05, 4.69) is 0 Å². The maximum absolute atomic E-state index is 11.7. The summed E-state index contributed by atoms with van der Waals surface area (Å²) >= 11 is 0. The van der Waals surface area contributed by atoms with Crippen LogP contribution in [0.1, 0.15) is 19.8 Å². The first kappa shape index (κ1) is 12.2. The molecule has 0 heterocycles. The number of carbonyl (C=O) groups is 1. The van der Waals surface area contributed by atoms with Gasteiger partial charge in [-0.2, -0.15) is 0 Å². The lowest BCUT2D eigenvalue weighted by Gasteiger charge is -2.26. The van der Waals surface area contributed by atoms with Crippen molar-refractivity contribution >= 4 is 5.78 Å². The zero-order valence-electron chi connectivity index (χ0n) is 9.49. The molecule has 1 atom stereocenters. The molecule has 1 unspecified atom stereocenters. The third-order valence-corrected chi connectivity index (χ3v) is 2.49. The maximum atomic E-state index is 11.7. The van der Waals surface area contributed by atoms with E-state index in [0.717, 1.165) is 18.6 Å². The summed E-state index contributed by atoms with van der Waals surface area (Å²) < 4.78 is 15.5. The molecule has 15 heavy (non-hydrogen) atoms. The molecule has 0 aromatic carbocycles. The van der Waals surface area contributed by atoms with E-state index in [9.17, 15) is 4.79 Å². The molecule has 0 spiro atoms. The molecule has 0 amide bonds. The summed E-state index contributed by atoms with van der Waals surface area (Å²) in [6, 6.07) is 0. The monoisotopic (exact) mass is 214 g/mol. The third-order valence-electron chi connectivity index (χ3n) is 2.49. The molecular weight excluding hydrogens is 196 g/mol. The molecule has 4 heteroatoms. The second-order valence-electron chi connectivity index (χ2n) is 3.43. The number of ether oxygens (including phenoxy) is 3. The number of methoxy groups -OCH3 is 2. The highest BCUT2D eigenvalue weighted by Crippen LogP contribution is 2.25. The largest absolute Gasteiger partial charge is 0.498 e. The standard InChI is InChI=1S/C11H18O4/c1-4-15-8-5-6-9(10(12)7-8)11(13-2)14-3/h7,9,11H,4-6H2,1-3H3. The van der Waals surface area contributed by atoms with Crippen molar-refractivity contribution < 1.29 is 19.0 Å². The molecule has 0 N–H and O–H groups in total. The molecule has 0 bridgehead atoms. The Morgan fingerprint density at radius 1 is 1.47 bits per heavy atom. The lowest BCUT2D eigenvalue weighted by molar-refractivity contribution is -0.155. The van der Waals surface area contributed by atoms with Gasteiger partial charge < -0.3 is 14.2 Å². The van der Waals surface area contributed by atoms with Gasteiger partial charge in [-0.25, -0.2) is 0 Å². The molecule has 0 radical (unpaired) electrons. The quantitative estimate of drug-likeness (QED) is 0.651. The van der Waals surface area contributed by atoms with Gasteiger partial charge in [0, 0.05) is 26.7 Å². The van der Waals surface area contributed by atoms with Gasteiger partial charge in [-0.3, -0.25) is 4.79 Å². The van der Waals surface area contributed by atoms with Crippen molar-refractivity contribution in [2.24, 2.45) is 5.92 Å². The van der Waals surface area contributed by atoms with Crippen LogP contribution in [0.3, 0.4) is 0 Å². The smallest absolute Gasteiger partial charge is 0.167 e. The van der Waals surface area contributed by atoms with Gasteiger partial charge in [0.15, 0.2) is 12.1 Å². The van der Waals surface area contributed by atoms with Crippen molar-refractivity contribution in [1.29, 1.82) is 0 Å². The highest BCUT2D eigenvalue weighted by molar-refractivity contribution is 5.93. The van der Waals surface area contributed by atoms with Crippen LogP contribution >= 0.6 is 0 Å². The molecule has 86 valence electrons. The summed E-state index contributed by atoms with van der Waals surface area (Å²) in [4.78, 5) is 11.7. The summed E-state index contributed by atoms with van der Waals surface area (Å²) in [5.41, 5.74) is 0. The van der Waals surface area contributed by atoms with Crippen LogP contribution in [0.4, 0.5) is 0 Å². The molecule has 0 aliphatic heterocycles. The van der Waals surface area contributed by atoms with Crippen molar-refractivity contribution in [1.82, 2.24) is 0 Å². The Morgan fingerprint density at radius 3 is 2.60 bits per heavy atom. The Labute approximate surface area is 90.2 Å². The second-order valence-corrected chi connectivity index (χ2v) is 3.43. The van der Waals surface area contributed by atoms with E-state index in [1.54, 1.807) is 20.3 Å². The average Bonchev–Trinajstić information content (AvgIpc) is 2.23. The molecular formula is C11H18O4. The number of hydrogen-bond donors (Lipinski definition) is 0. The van der Waals surface area contributed by atoms with Gasteiger partial charge in [-0.1, -0.05) is 0 Å². The molecule has 0 aromatic rings. The minimum absolute atomic E-state index is 0.0263. The van der Waals surface area contributed by atoms with Crippen LogP contribution in [0.25, 0.3) is 0 Å². The summed E-state index contributed by atoms with van der Waals surface area (Å²) in [5, 5.41) is 0. The third kappa shape index (κ3) is 3.04. The first-order chi connectivity index (χ1) is 7.22. The van der Waals surface area contributed by atoms with E-state index in [0.29, 0.717) is 6.61 Å². The Kier molecular flexibility index (Phi) is 4.78. The fourth-order valence-electron chi connectivity index (χ4n) is 1.77. The van der Waals surface area contributed by atoms with E-state index in [1.165, 1.54) is 0 Å². The predicted octanol–water partition coefficient (Wildman–Crippen LogP) is 1.50. The van der Waals surface area contributed by atoms with E-state index in [-0.39, 0.29) is 11.7 Å². The van der Waals surface area contributed by atoms with Crippen molar-refractivity contribution in [2.45, 2.75) is 26.1 Å². The van der Waals surface area contributed by atoms with Gasteiger partial charge in [0.1, 0.15) is 0 Å². The maximum Gasteiger partial charge on any atom is 0.167 e. The summed E-state index contributed by atoms with van der Waals surface area (Å²) in [6.45, 7) is 2.51.